The maximum absolute atomic E-state index is 10.7. The molecule has 0 rings (SSSR count). The number of ether oxygens (including phenoxy) is 1. The Labute approximate surface area is 70.1 Å². The van der Waals surface area contributed by atoms with E-state index in [1.54, 1.807) is 0 Å². The van der Waals surface area contributed by atoms with Crippen molar-refractivity contribution in [3.05, 3.63) is 0 Å². The Hall–Kier alpha value is -0.0500. The SMILES string of the molecule is CCC(C)(C)OC(=O)CBr. The van der Waals surface area contributed by atoms with Gasteiger partial charge in [-0.25, -0.2) is 0 Å². The maximum Gasteiger partial charge on any atom is 0.317 e. The molecule has 0 aliphatic heterocycles. The van der Waals surface area contributed by atoms with E-state index in [2.05, 4.69) is 15.9 Å². The van der Waals surface area contributed by atoms with E-state index in [9.17, 15) is 4.79 Å². The van der Waals surface area contributed by atoms with Gasteiger partial charge in [-0.05, 0) is 20.3 Å². The molecule has 0 heterocycles. The van der Waals surface area contributed by atoms with Crippen LogP contribution in [0.25, 0.3) is 0 Å². The summed E-state index contributed by atoms with van der Waals surface area (Å²) in [5, 5.41) is 0.274. The monoisotopic (exact) mass is 208 g/mol. The second kappa shape index (κ2) is 3.96. The van der Waals surface area contributed by atoms with E-state index in [-0.39, 0.29) is 16.9 Å². The zero-order valence-corrected chi connectivity index (χ0v) is 8.19. The van der Waals surface area contributed by atoms with Crippen molar-refractivity contribution >= 4 is 21.9 Å². The second-order valence-electron chi connectivity index (χ2n) is 2.72. The topological polar surface area (TPSA) is 26.3 Å². The Bertz CT molecular complexity index is 121. The minimum Gasteiger partial charge on any atom is -0.459 e. The number of alkyl halides is 1. The minimum atomic E-state index is -0.315. The largest absolute Gasteiger partial charge is 0.459 e. The van der Waals surface area contributed by atoms with E-state index >= 15 is 0 Å². The predicted octanol–water partition coefficient (Wildman–Crippen LogP) is 2.11. The van der Waals surface area contributed by atoms with Crippen LogP contribution in [0.4, 0.5) is 0 Å². The van der Waals surface area contributed by atoms with Crippen molar-refractivity contribution in [2.45, 2.75) is 32.8 Å². The van der Waals surface area contributed by atoms with Gasteiger partial charge in [0.15, 0.2) is 0 Å². The molecule has 0 spiro atoms. The van der Waals surface area contributed by atoms with Gasteiger partial charge in [-0.3, -0.25) is 4.79 Å². The van der Waals surface area contributed by atoms with E-state index in [4.69, 9.17) is 4.74 Å². The first-order valence-electron chi connectivity index (χ1n) is 3.29. The lowest BCUT2D eigenvalue weighted by atomic mass is 10.1. The quantitative estimate of drug-likeness (QED) is 0.525. The summed E-state index contributed by atoms with van der Waals surface area (Å²) < 4.78 is 5.05. The fraction of sp³-hybridized carbons (Fsp3) is 0.857. The molecule has 0 aromatic carbocycles. The smallest absolute Gasteiger partial charge is 0.317 e. The molecule has 3 heteroatoms. The van der Waals surface area contributed by atoms with Crippen LogP contribution >= 0.6 is 15.9 Å². The number of esters is 1. The van der Waals surface area contributed by atoms with E-state index in [1.165, 1.54) is 0 Å². The van der Waals surface area contributed by atoms with Crippen LogP contribution in [0.2, 0.25) is 0 Å². The summed E-state index contributed by atoms with van der Waals surface area (Å²) >= 11 is 3.02. The van der Waals surface area contributed by atoms with Gasteiger partial charge in [-0.2, -0.15) is 0 Å². The molecule has 0 atom stereocenters. The summed E-state index contributed by atoms with van der Waals surface area (Å²) in [5.74, 6) is -0.202. The summed E-state index contributed by atoms with van der Waals surface area (Å²) in [6, 6.07) is 0. The number of carbonyl (C=O) groups is 1. The molecule has 60 valence electrons. The highest BCUT2D eigenvalue weighted by Gasteiger charge is 2.18. The van der Waals surface area contributed by atoms with Gasteiger partial charge in [0.25, 0.3) is 0 Å². The van der Waals surface area contributed by atoms with E-state index in [0.717, 1.165) is 6.42 Å². The highest BCUT2D eigenvalue weighted by molar-refractivity contribution is 9.09. The fourth-order valence-electron chi connectivity index (χ4n) is 0.408. The van der Waals surface area contributed by atoms with E-state index in [0.29, 0.717) is 0 Å². The summed E-state index contributed by atoms with van der Waals surface area (Å²) in [6.07, 6.45) is 0.839. The number of hydrogen-bond donors (Lipinski definition) is 0. The molecule has 0 radical (unpaired) electrons. The van der Waals surface area contributed by atoms with Gasteiger partial charge in [0.05, 0.1) is 0 Å². The van der Waals surface area contributed by atoms with Gasteiger partial charge in [-0.1, -0.05) is 22.9 Å². The Morgan fingerprint density at radius 1 is 1.60 bits per heavy atom. The average molecular weight is 209 g/mol. The molecule has 0 unspecified atom stereocenters. The van der Waals surface area contributed by atoms with Gasteiger partial charge in [0.2, 0.25) is 0 Å². The van der Waals surface area contributed by atoms with Crippen molar-refractivity contribution in [1.29, 1.82) is 0 Å². The van der Waals surface area contributed by atoms with Crippen LogP contribution in [-0.4, -0.2) is 16.9 Å². The molecule has 0 saturated heterocycles. The maximum atomic E-state index is 10.7. The standard InChI is InChI=1S/C7H13BrO2/c1-4-7(2,3)10-6(9)5-8/h4-5H2,1-3H3. The van der Waals surface area contributed by atoms with E-state index < -0.39 is 0 Å². The molecule has 0 aromatic heterocycles. The normalized spacial score (nSPS) is 11.2. The van der Waals surface area contributed by atoms with Gasteiger partial charge in [0.1, 0.15) is 10.9 Å². The van der Waals surface area contributed by atoms with Gasteiger partial charge < -0.3 is 4.74 Å². The van der Waals surface area contributed by atoms with Crippen LogP contribution in [0.1, 0.15) is 27.2 Å². The fourth-order valence-corrected chi connectivity index (χ4v) is 0.522. The third kappa shape index (κ3) is 3.88. The number of rotatable bonds is 3. The highest BCUT2D eigenvalue weighted by Crippen LogP contribution is 2.13. The first-order chi connectivity index (χ1) is 4.52. The summed E-state index contributed by atoms with van der Waals surface area (Å²) in [4.78, 5) is 10.7. The molecule has 2 nitrogen and oxygen atoms in total. The van der Waals surface area contributed by atoms with Gasteiger partial charge in [-0.15, -0.1) is 0 Å². The number of hydrogen-bond acceptors (Lipinski definition) is 2. The van der Waals surface area contributed by atoms with Crippen LogP contribution in [0.3, 0.4) is 0 Å². The van der Waals surface area contributed by atoms with Crippen LogP contribution in [0, 0.1) is 0 Å². The lowest BCUT2D eigenvalue weighted by Gasteiger charge is -2.22. The Morgan fingerprint density at radius 3 is 2.40 bits per heavy atom. The van der Waals surface area contributed by atoms with Crippen molar-refractivity contribution in [3.63, 3.8) is 0 Å². The lowest BCUT2D eigenvalue weighted by Crippen LogP contribution is -2.27. The Morgan fingerprint density at radius 2 is 2.10 bits per heavy atom. The van der Waals surface area contributed by atoms with Crippen LogP contribution in [0.15, 0.2) is 0 Å². The van der Waals surface area contributed by atoms with Crippen LogP contribution in [0.5, 0.6) is 0 Å². The van der Waals surface area contributed by atoms with Gasteiger partial charge >= 0.3 is 5.97 Å². The van der Waals surface area contributed by atoms with E-state index in [1.807, 2.05) is 20.8 Å². The summed E-state index contributed by atoms with van der Waals surface area (Å²) in [7, 11) is 0. The predicted molar refractivity (Wildman–Crippen MR) is 44.3 cm³/mol. The molecule has 0 aliphatic carbocycles. The number of carbonyl (C=O) groups excluding carboxylic acids is 1. The first-order valence-corrected chi connectivity index (χ1v) is 4.42. The molecule has 0 bridgehead atoms. The molecule has 0 aliphatic rings. The molecule has 0 amide bonds. The Balaban J connectivity index is 3.76. The third-order valence-corrected chi connectivity index (χ3v) is 1.81. The molecule has 0 saturated carbocycles. The molecular weight excluding hydrogens is 196 g/mol. The Kier molecular flexibility index (Phi) is 3.94. The van der Waals surface area contributed by atoms with Crippen LogP contribution in [-0.2, 0) is 9.53 Å². The molecular formula is C7H13BrO2. The van der Waals surface area contributed by atoms with Gasteiger partial charge in [0, 0.05) is 0 Å². The van der Waals surface area contributed by atoms with Crippen molar-refractivity contribution in [3.8, 4) is 0 Å². The molecule has 0 aromatic rings. The minimum absolute atomic E-state index is 0.202. The van der Waals surface area contributed by atoms with Crippen molar-refractivity contribution in [2.24, 2.45) is 0 Å². The molecule has 0 fully saturated rings. The lowest BCUT2D eigenvalue weighted by molar-refractivity contribution is -0.153. The second-order valence-corrected chi connectivity index (χ2v) is 3.28. The average Bonchev–Trinajstić information content (AvgIpc) is 1.87. The highest BCUT2D eigenvalue weighted by atomic mass is 79.9. The van der Waals surface area contributed by atoms with Crippen molar-refractivity contribution in [1.82, 2.24) is 0 Å². The summed E-state index contributed by atoms with van der Waals surface area (Å²) in [6.45, 7) is 5.78. The van der Waals surface area contributed by atoms with Crippen molar-refractivity contribution in [2.75, 3.05) is 5.33 Å². The summed E-state index contributed by atoms with van der Waals surface area (Å²) in [5.41, 5.74) is -0.315. The molecule has 0 N–H and O–H groups in total. The van der Waals surface area contributed by atoms with Crippen molar-refractivity contribution < 1.29 is 9.53 Å². The third-order valence-electron chi connectivity index (χ3n) is 1.35. The van der Waals surface area contributed by atoms with Crippen LogP contribution < -0.4 is 0 Å². The number of halogens is 1. The zero-order chi connectivity index (χ0) is 8.20. The molecule has 10 heavy (non-hydrogen) atoms. The first kappa shape index (κ1) is 9.95. The zero-order valence-electron chi connectivity index (χ0n) is 6.61.